The van der Waals surface area contributed by atoms with Crippen LogP contribution in [0.2, 0.25) is 0 Å². The van der Waals surface area contributed by atoms with E-state index in [2.05, 4.69) is 15.1 Å². The molecule has 2 aliphatic rings. The topological polar surface area (TPSA) is 112 Å². The standard InChI is InChI=1S/C21H18F2N6O4S/c1-10-18-16(5-15(25-10)21(30)27-8-13-4-12(27)9-33-13)29(34(2,31)32)26-19(18)17-6-24-20-14(23)3-11(22)7-28(17)20/h3,5-7,12-13H,4,8-9H2,1-2H3. The Labute approximate surface area is 191 Å². The van der Waals surface area contributed by atoms with E-state index >= 15 is 0 Å². The zero-order valence-corrected chi connectivity index (χ0v) is 18.9. The van der Waals surface area contributed by atoms with Crippen molar-refractivity contribution in [3.63, 3.8) is 0 Å². The summed E-state index contributed by atoms with van der Waals surface area (Å²) in [4.78, 5) is 23.4. The molecule has 10 nitrogen and oxygen atoms in total. The van der Waals surface area contributed by atoms with Gasteiger partial charge in [-0.25, -0.2) is 27.2 Å². The third kappa shape index (κ3) is 3.03. The molecule has 2 unspecified atom stereocenters. The van der Waals surface area contributed by atoms with Crippen LogP contribution in [0.15, 0.2) is 24.5 Å². The van der Waals surface area contributed by atoms with Crippen LogP contribution in [-0.2, 0) is 14.8 Å². The van der Waals surface area contributed by atoms with E-state index in [-0.39, 0.29) is 46.3 Å². The quantitative estimate of drug-likeness (QED) is 0.432. The normalized spacial score (nSPS) is 20.2. The highest BCUT2D eigenvalue weighted by Gasteiger charge is 2.42. The van der Waals surface area contributed by atoms with Crippen molar-refractivity contribution < 1.29 is 26.7 Å². The third-order valence-electron chi connectivity index (χ3n) is 6.28. The molecule has 6 rings (SSSR count). The Morgan fingerprint density at radius 3 is 2.74 bits per heavy atom. The number of hydrogen-bond acceptors (Lipinski definition) is 7. The first kappa shape index (κ1) is 21.1. The van der Waals surface area contributed by atoms with Gasteiger partial charge in [-0.05, 0) is 19.4 Å². The molecule has 0 radical (unpaired) electrons. The summed E-state index contributed by atoms with van der Waals surface area (Å²) in [6.07, 6.45) is 4.07. The number of carbonyl (C=O) groups is 1. The van der Waals surface area contributed by atoms with Gasteiger partial charge in [-0.1, -0.05) is 0 Å². The van der Waals surface area contributed by atoms with Gasteiger partial charge in [0.05, 0.1) is 47.8 Å². The lowest BCUT2D eigenvalue weighted by Crippen LogP contribution is -2.41. The zero-order chi connectivity index (χ0) is 23.9. The summed E-state index contributed by atoms with van der Waals surface area (Å²) in [5.41, 5.74) is 0.736. The molecule has 2 atom stereocenters. The molecule has 0 saturated carbocycles. The van der Waals surface area contributed by atoms with Crippen LogP contribution in [0.5, 0.6) is 0 Å². The number of aryl methyl sites for hydroxylation is 1. The van der Waals surface area contributed by atoms with Crippen molar-refractivity contribution >= 4 is 32.5 Å². The number of likely N-dealkylation sites (tertiary alicyclic amines) is 1. The van der Waals surface area contributed by atoms with E-state index in [1.807, 2.05) is 0 Å². The Hall–Kier alpha value is -3.45. The molecule has 6 heterocycles. The molecule has 0 aliphatic carbocycles. The number of morpholine rings is 1. The number of hydrogen-bond donors (Lipinski definition) is 0. The number of amides is 1. The van der Waals surface area contributed by atoms with E-state index in [9.17, 15) is 22.0 Å². The van der Waals surface area contributed by atoms with E-state index in [0.717, 1.165) is 23.0 Å². The van der Waals surface area contributed by atoms with Crippen LogP contribution >= 0.6 is 0 Å². The van der Waals surface area contributed by atoms with Crippen LogP contribution in [0.1, 0.15) is 22.6 Å². The minimum atomic E-state index is -3.90. The number of halogens is 2. The van der Waals surface area contributed by atoms with Crippen molar-refractivity contribution in [3.05, 3.63) is 47.5 Å². The van der Waals surface area contributed by atoms with Crippen molar-refractivity contribution in [3.8, 4) is 11.4 Å². The van der Waals surface area contributed by atoms with Gasteiger partial charge < -0.3 is 9.64 Å². The second kappa shape index (κ2) is 7.03. The van der Waals surface area contributed by atoms with Crippen LogP contribution < -0.4 is 0 Å². The first-order valence-corrected chi connectivity index (χ1v) is 12.3. The van der Waals surface area contributed by atoms with Crippen LogP contribution in [0.3, 0.4) is 0 Å². The van der Waals surface area contributed by atoms with E-state index in [4.69, 9.17) is 4.74 Å². The summed E-state index contributed by atoms with van der Waals surface area (Å²) in [7, 11) is -3.90. The largest absolute Gasteiger partial charge is 0.374 e. The molecule has 34 heavy (non-hydrogen) atoms. The van der Waals surface area contributed by atoms with E-state index in [1.165, 1.54) is 16.7 Å². The molecule has 13 heteroatoms. The molecule has 1 amide bonds. The summed E-state index contributed by atoms with van der Waals surface area (Å²) in [5, 5.41) is 4.58. The summed E-state index contributed by atoms with van der Waals surface area (Å²) in [6.45, 7) is 2.54. The zero-order valence-electron chi connectivity index (χ0n) is 18.1. The molecular weight excluding hydrogens is 470 g/mol. The van der Waals surface area contributed by atoms with Gasteiger partial charge in [0, 0.05) is 24.5 Å². The highest BCUT2D eigenvalue weighted by atomic mass is 32.2. The van der Waals surface area contributed by atoms with Gasteiger partial charge in [0.25, 0.3) is 15.9 Å². The molecule has 2 saturated heterocycles. The number of rotatable bonds is 3. The number of fused-ring (bicyclic) bond motifs is 4. The Kier molecular flexibility index (Phi) is 4.36. The van der Waals surface area contributed by atoms with Gasteiger partial charge in [-0.2, -0.15) is 9.19 Å². The first-order valence-electron chi connectivity index (χ1n) is 10.5. The fraction of sp³-hybridized carbons (Fsp3) is 0.333. The molecule has 0 aromatic carbocycles. The average molecular weight is 488 g/mol. The number of aromatic nitrogens is 5. The van der Waals surface area contributed by atoms with E-state index in [0.29, 0.717) is 30.3 Å². The Morgan fingerprint density at radius 2 is 2.06 bits per heavy atom. The minimum Gasteiger partial charge on any atom is -0.374 e. The van der Waals surface area contributed by atoms with Crippen LogP contribution in [0, 0.1) is 18.6 Å². The van der Waals surface area contributed by atoms with Crippen molar-refractivity contribution in [2.75, 3.05) is 19.4 Å². The van der Waals surface area contributed by atoms with Crippen molar-refractivity contribution in [2.24, 2.45) is 0 Å². The molecule has 2 bridgehead atoms. The molecule has 4 aromatic rings. The number of ether oxygens (including phenoxy) is 1. The summed E-state index contributed by atoms with van der Waals surface area (Å²) in [6, 6.07) is 2.06. The predicted octanol–water partition coefficient (Wildman–Crippen LogP) is 1.75. The SMILES string of the molecule is Cc1nc(C(=O)N2CC3CC2CO3)cc2c1c(-c1cnc3c(F)cc(F)cn13)nn2S(C)(=O)=O. The van der Waals surface area contributed by atoms with Gasteiger partial charge in [0.15, 0.2) is 11.5 Å². The van der Waals surface area contributed by atoms with E-state index < -0.39 is 21.7 Å². The van der Waals surface area contributed by atoms with Crippen LogP contribution in [0.25, 0.3) is 27.9 Å². The maximum absolute atomic E-state index is 14.2. The summed E-state index contributed by atoms with van der Waals surface area (Å²) >= 11 is 0. The maximum atomic E-state index is 14.2. The van der Waals surface area contributed by atoms with Gasteiger partial charge in [0.2, 0.25) is 0 Å². The third-order valence-corrected chi connectivity index (χ3v) is 7.18. The average Bonchev–Trinajstić information content (AvgIpc) is 3.54. The highest BCUT2D eigenvalue weighted by molar-refractivity contribution is 7.89. The minimum absolute atomic E-state index is 0.00265. The Balaban J connectivity index is 1.57. The Bertz CT molecular complexity index is 1630. The number of carbonyl (C=O) groups excluding carboxylic acids is 1. The van der Waals surface area contributed by atoms with Gasteiger partial charge in [0.1, 0.15) is 17.2 Å². The van der Waals surface area contributed by atoms with Crippen LogP contribution in [0.4, 0.5) is 8.78 Å². The molecule has 4 aromatic heterocycles. The lowest BCUT2D eigenvalue weighted by Gasteiger charge is -2.26. The predicted molar refractivity (Wildman–Crippen MR) is 116 cm³/mol. The van der Waals surface area contributed by atoms with Crippen molar-refractivity contribution in [1.29, 1.82) is 0 Å². The fourth-order valence-corrected chi connectivity index (χ4v) is 5.55. The molecule has 0 spiro atoms. The highest BCUT2D eigenvalue weighted by Crippen LogP contribution is 2.34. The molecule has 0 N–H and O–H groups in total. The molecular formula is C21H18F2N6O4S. The van der Waals surface area contributed by atoms with Crippen LogP contribution in [-0.4, -0.2) is 74.3 Å². The lowest BCUT2D eigenvalue weighted by atomic mass is 10.1. The van der Waals surface area contributed by atoms with E-state index in [1.54, 1.807) is 11.8 Å². The molecule has 2 aliphatic heterocycles. The number of imidazole rings is 1. The Morgan fingerprint density at radius 1 is 1.26 bits per heavy atom. The van der Waals surface area contributed by atoms with Crippen molar-refractivity contribution in [2.45, 2.75) is 25.5 Å². The van der Waals surface area contributed by atoms with Gasteiger partial charge in [-0.15, -0.1) is 0 Å². The summed E-state index contributed by atoms with van der Waals surface area (Å²) in [5.74, 6) is -2.02. The smallest absolute Gasteiger partial charge is 0.272 e. The van der Waals surface area contributed by atoms with Gasteiger partial charge in [-0.3, -0.25) is 9.20 Å². The first-order chi connectivity index (χ1) is 16.1. The number of pyridine rings is 2. The summed E-state index contributed by atoms with van der Waals surface area (Å²) < 4.78 is 60.8. The lowest BCUT2D eigenvalue weighted by molar-refractivity contribution is 0.0255. The molecule has 176 valence electrons. The van der Waals surface area contributed by atoms with Crippen molar-refractivity contribution in [1.82, 2.24) is 28.5 Å². The second-order valence-electron chi connectivity index (χ2n) is 8.59. The molecule has 2 fully saturated rings. The monoisotopic (exact) mass is 488 g/mol. The fourth-order valence-electron chi connectivity index (χ4n) is 4.82. The number of nitrogens with zero attached hydrogens (tertiary/aromatic N) is 6. The second-order valence-corrected chi connectivity index (χ2v) is 10.4. The van der Waals surface area contributed by atoms with Gasteiger partial charge >= 0.3 is 0 Å². The maximum Gasteiger partial charge on any atom is 0.272 e.